The molecule has 0 bridgehead atoms. The van der Waals surface area contributed by atoms with Gasteiger partial charge in [-0.05, 0) is 31.2 Å². The second-order valence-corrected chi connectivity index (χ2v) is 8.87. The fourth-order valence-corrected chi connectivity index (χ4v) is 6.10. The van der Waals surface area contributed by atoms with Gasteiger partial charge in [0.1, 0.15) is 21.9 Å². The molecule has 1 aliphatic carbocycles. The summed E-state index contributed by atoms with van der Waals surface area (Å²) < 4.78 is 10.9. The van der Waals surface area contributed by atoms with Gasteiger partial charge < -0.3 is 9.47 Å². The second-order valence-electron chi connectivity index (χ2n) is 6.82. The number of nitrogens with zero attached hydrogens (tertiary/aromatic N) is 3. The normalized spacial score (nSPS) is 15.7. The first-order valence-corrected chi connectivity index (χ1v) is 10.9. The third-order valence-electron chi connectivity index (χ3n) is 5.06. The minimum atomic E-state index is -0.374. The van der Waals surface area contributed by atoms with Crippen LogP contribution in [0, 0.1) is 10.1 Å². The summed E-state index contributed by atoms with van der Waals surface area (Å²) in [5.74, 6) is 1.24. The van der Waals surface area contributed by atoms with Crippen LogP contribution in [0.5, 0.6) is 5.75 Å². The van der Waals surface area contributed by atoms with E-state index in [1.165, 1.54) is 29.3 Å². The molecule has 7 nitrogen and oxygen atoms in total. The molecule has 144 valence electrons. The first-order chi connectivity index (χ1) is 13.7. The van der Waals surface area contributed by atoms with Gasteiger partial charge in [0.2, 0.25) is 0 Å². The Labute approximate surface area is 169 Å². The van der Waals surface area contributed by atoms with Gasteiger partial charge in [-0.25, -0.2) is 9.97 Å². The average molecular weight is 415 g/mol. The van der Waals surface area contributed by atoms with Crippen LogP contribution in [0.15, 0.2) is 23.5 Å². The van der Waals surface area contributed by atoms with E-state index in [2.05, 4.69) is 9.97 Å². The van der Waals surface area contributed by atoms with E-state index in [9.17, 15) is 10.1 Å². The number of thioether (sulfide) groups is 1. The highest BCUT2D eigenvalue weighted by Crippen LogP contribution is 2.41. The molecule has 28 heavy (non-hydrogen) atoms. The molecule has 3 aromatic rings. The lowest BCUT2D eigenvalue weighted by Gasteiger charge is -2.20. The number of ether oxygens (including phenoxy) is 2. The van der Waals surface area contributed by atoms with E-state index in [1.807, 2.05) is 0 Å². The van der Waals surface area contributed by atoms with E-state index in [0.29, 0.717) is 18.1 Å². The quantitative estimate of drug-likeness (QED) is 0.265. The zero-order valence-corrected chi connectivity index (χ0v) is 16.6. The summed E-state index contributed by atoms with van der Waals surface area (Å²) in [4.78, 5) is 22.4. The average Bonchev–Trinajstić information content (AvgIpc) is 3.11. The molecular formula is C19H17N3O4S2. The number of benzene rings is 1. The number of thiophene rings is 1. The highest BCUT2D eigenvalue weighted by atomic mass is 32.2. The molecular weight excluding hydrogens is 398 g/mol. The van der Waals surface area contributed by atoms with Crippen LogP contribution in [0.25, 0.3) is 10.2 Å². The van der Waals surface area contributed by atoms with Crippen molar-refractivity contribution in [3.63, 3.8) is 0 Å². The number of fused-ring (bicyclic) bond motifs is 4. The zero-order chi connectivity index (χ0) is 19.1. The number of nitro groups is 1. The molecule has 5 rings (SSSR count). The molecule has 0 spiro atoms. The van der Waals surface area contributed by atoms with Crippen molar-refractivity contribution in [3.8, 4) is 5.75 Å². The van der Waals surface area contributed by atoms with Crippen molar-refractivity contribution in [2.75, 3.05) is 6.79 Å². The monoisotopic (exact) mass is 415 g/mol. The maximum atomic E-state index is 11.3. The van der Waals surface area contributed by atoms with Crippen LogP contribution in [0.4, 0.5) is 5.69 Å². The maximum Gasteiger partial charge on any atom is 0.270 e. The minimum Gasteiger partial charge on any atom is -0.467 e. The summed E-state index contributed by atoms with van der Waals surface area (Å²) in [5.41, 5.74) is 2.97. The molecule has 2 aromatic heterocycles. The molecule has 0 fully saturated rings. The number of non-ortho nitro benzene ring substituents is 1. The third-order valence-corrected chi connectivity index (χ3v) is 7.30. The van der Waals surface area contributed by atoms with Crippen LogP contribution in [0.2, 0.25) is 0 Å². The zero-order valence-electron chi connectivity index (χ0n) is 15.0. The molecule has 0 N–H and O–H groups in total. The van der Waals surface area contributed by atoms with Crippen molar-refractivity contribution in [1.29, 1.82) is 0 Å². The van der Waals surface area contributed by atoms with E-state index in [1.54, 1.807) is 35.5 Å². The molecule has 0 saturated heterocycles. The summed E-state index contributed by atoms with van der Waals surface area (Å²) in [5, 5.41) is 13.4. The Morgan fingerprint density at radius 2 is 2.14 bits per heavy atom. The highest BCUT2D eigenvalue weighted by Gasteiger charge is 2.23. The molecule has 1 aliphatic heterocycles. The predicted molar refractivity (Wildman–Crippen MR) is 107 cm³/mol. The number of hydrogen-bond donors (Lipinski definition) is 0. The molecule has 0 unspecified atom stereocenters. The predicted octanol–water partition coefficient (Wildman–Crippen LogP) is 4.64. The smallest absolute Gasteiger partial charge is 0.270 e. The van der Waals surface area contributed by atoms with Gasteiger partial charge in [-0.3, -0.25) is 10.1 Å². The third kappa shape index (κ3) is 3.13. The Hall–Kier alpha value is -2.23. The van der Waals surface area contributed by atoms with Crippen LogP contribution < -0.4 is 4.74 Å². The topological polar surface area (TPSA) is 87.4 Å². The van der Waals surface area contributed by atoms with Gasteiger partial charge in [-0.2, -0.15) is 0 Å². The van der Waals surface area contributed by atoms with Crippen LogP contribution in [0.1, 0.15) is 34.4 Å². The molecule has 0 atom stereocenters. The Balaban J connectivity index is 1.51. The largest absolute Gasteiger partial charge is 0.467 e. The summed E-state index contributed by atoms with van der Waals surface area (Å²) in [7, 11) is 0. The van der Waals surface area contributed by atoms with Gasteiger partial charge in [0.05, 0.1) is 11.5 Å². The van der Waals surface area contributed by atoms with Crippen molar-refractivity contribution in [3.05, 3.63) is 50.1 Å². The van der Waals surface area contributed by atoms with Gasteiger partial charge in [0, 0.05) is 39.3 Å². The number of rotatable bonds is 4. The number of aryl methyl sites for hydroxylation is 2. The molecule has 9 heteroatoms. The van der Waals surface area contributed by atoms with E-state index >= 15 is 0 Å². The first kappa shape index (κ1) is 17.8. The molecule has 3 heterocycles. The highest BCUT2D eigenvalue weighted by molar-refractivity contribution is 7.98. The van der Waals surface area contributed by atoms with E-state index in [4.69, 9.17) is 9.47 Å². The molecule has 0 saturated carbocycles. The van der Waals surface area contributed by atoms with E-state index in [0.717, 1.165) is 39.2 Å². The number of hydrogen-bond acceptors (Lipinski definition) is 8. The van der Waals surface area contributed by atoms with E-state index < -0.39 is 0 Å². The fraction of sp³-hybridized carbons (Fsp3) is 0.368. The lowest BCUT2D eigenvalue weighted by Crippen LogP contribution is -2.13. The van der Waals surface area contributed by atoms with Crippen molar-refractivity contribution >= 4 is 39.0 Å². The van der Waals surface area contributed by atoms with Crippen LogP contribution in [0.3, 0.4) is 0 Å². The second kappa shape index (κ2) is 7.31. The minimum absolute atomic E-state index is 0.0594. The van der Waals surface area contributed by atoms with Crippen LogP contribution in [-0.2, 0) is 29.9 Å². The molecule has 0 radical (unpaired) electrons. The van der Waals surface area contributed by atoms with Crippen molar-refractivity contribution in [2.24, 2.45) is 0 Å². The SMILES string of the molecule is O=[N+]([O-])c1cc2c(c(CSc3ncnc4sc5c(c34)CCCC5)c1)OCOC2. The Morgan fingerprint density at radius 1 is 1.25 bits per heavy atom. The first-order valence-electron chi connectivity index (χ1n) is 9.09. The lowest BCUT2D eigenvalue weighted by molar-refractivity contribution is -0.385. The number of nitro benzene ring substituents is 1. The molecule has 1 aromatic carbocycles. The van der Waals surface area contributed by atoms with Gasteiger partial charge in [-0.15, -0.1) is 23.1 Å². The standard InChI is InChI=1S/C19H17N3O4S2/c23-22(24)13-5-11-7-25-10-26-17(11)12(6-13)8-27-18-16-14-3-1-2-4-15(14)28-19(16)21-9-20-18/h5-6,9H,1-4,7-8,10H2. The van der Waals surface area contributed by atoms with Crippen LogP contribution >= 0.6 is 23.1 Å². The Bertz CT molecular complexity index is 1080. The summed E-state index contributed by atoms with van der Waals surface area (Å²) >= 11 is 3.36. The summed E-state index contributed by atoms with van der Waals surface area (Å²) in [6, 6.07) is 3.12. The molecule has 2 aliphatic rings. The summed E-state index contributed by atoms with van der Waals surface area (Å²) in [6.07, 6.45) is 6.23. The Morgan fingerprint density at radius 3 is 3.04 bits per heavy atom. The van der Waals surface area contributed by atoms with Crippen molar-refractivity contribution in [2.45, 2.75) is 43.1 Å². The molecule has 0 amide bonds. The van der Waals surface area contributed by atoms with Gasteiger partial charge in [0.25, 0.3) is 5.69 Å². The summed E-state index contributed by atoms with van der Waals surface area (Å²) in [6.45, 7) is 0.489. The lowest BCUT2D eigenvalue weighted by atomic mass is 9.97. The Kier molecular flexibility index (Phi) is 4.65. The van der Waals surface area contributed by atoms with E-state index in [-0.39, 0.29) is 17.4 Å². The van der Waals surface area contributed by atoms with Gasteiger partial charge in [-0.1, -0.05) is 0 Å². The van der Waals surface area contributed by atoms with Gasteiger partial charge in [0.15, 0.2) is 6.79 Å². The van der Waals surface area contributed by atoms with Crippen molar-refractivity contribution in [1.82, 2.24) is 9.97 Å². The maximum absolute atomic E-state index is 11.3. The van der Waals surface area contributed by atoms with Crippen molar-refractivity contribution < 1.29 is 14.4 Å². The fourth-order valence-electron chi connectivity index (χ4n) is 3.81. The number of aromatic nitrogens is 2. The van der Waals surface area contributed by atoms with Gasteiger partial charge >= 0.3 is 0 Å². The van der Waals surface area contributed by atoms with Crippen LogP contribution in [-0.4, -0.2) is 21.7 Å².